The molecule has 0 atom stereocenters. The number of hydrogen-bond acceptors (Lipinski definition) is 1. The summed E-state index contributed by atoms with van der Waals surface area (Å²) in [7, 11) is 0. The highest BCUT2D eigenvalue weighted by atomic mass is 19.4. The smallest absolute Gasteiger partial charge is 0.316 e. The third kappa shape index (κ3) is 7.11. The lowest BCUT2D eigenvalue weighted by Crippen LogP contribution is -2.20. The number of ether oxygens (including phenoxy) is 1. The Hall–Kier alpha value is -2.28. The zero-order valence-electron chi connectivity index (χ0n) is 19.2. The Bertz CT molecular complexity index is 941. The monoisotopic (exact) mass is 484 g/mol. The lowest BCUT2D eigenvalue weighted by atomic mass is 9.77. The third-order valence-corrected chi connectivity index (χ3v) is 6.56. The standard InChI is InChI=1S/C27H30F6O/c1-2-3-4-5-19-6-9-21(10-7-19)22-11-13-23(14-12-22)27(32,33)34-17-16-20-8-15-24(25(28)18-20)26(29,30)31/h2-3,8,11-15,18-19,21H,4-7,9-10,16-17H2,1H3/b3-2+/t19-,21-. The van der Waals surface area contributed by atoms with Gasteiger partial charge in [0, 0.05) is 0 Å². The van der Waals surface area contributed by atoms with Gasteiger partial charge in [-0.1, -0.05) is 42.5 Å². The fourth-order valence-corrected chi connectivity index (χ4v) is 4.56. The molecular formula is C27H30F6O. The van der Waals surface area contributed by atoms with Crippen LogP contribution in [0.25, 0.3) is 0 Å². The molecule has 0 amide bonds. The zero-order valence-corrected chi connectivity index (χ0v) is 19.2. The molecule has 3 rings (SSSR count). The van der Waals surface area contributed by atoms with Crippen molar-refractivity contribution < 1.29 is 31.1 Å². The summed E-state index contributed by atoms with van der Waals surface area (Å²) in [5.74, 6) is -0.335. The van der Waals surface area contributed by atoms with E-state index in [2.05, 4.69) is 12.2 Å². The van der Waals surface area contributed by atoms with Gasteiger partial charge in [-0.2, -0.15) is 22.0 Å². The van der Waals surface area contributed by atoms with Crippen molar-refractivity contribution in [3.05, 3.63) is 82.7 Å². The molecule has 2 aromatic rings. The summed E-state index contributed by atoms with van der Waals surface area (Å²) in [6, 6.07) is 8.56. The SMILES string of the molecule is C/C=C/CC[C@H]1CC[C@H](c2ccc(C(F)(F)OCCc3ccc(C(F)(F)F)c(F)c3)cc2)CC1. The number of halogens is 6. The molecule has 0 radical (unpaired) electrons. The molecule has 1 nitrogen and oxygen atoms in total. The first-order chi connectivity index (χ1) is 16.1. The van der Waals surface area contributed by atoms with E-state index in [0.717, 1.165) is 49.7 Å². The molecule has 2 aromatic carbocycles. The molecule has 0 heterocycles. The maximum atomic E-state index is 14.5. The Morgan fingerprint density at radius 3 is 2.21 bits per heavy atom. The summed E-state index contributed by atoms with van der Waals surface area (Å²) >= 11 is 0. The largest absolute Gasteiger partial charge is 0.419 e. The van der Waals surface area contributed by atoms with Crippen LogP contribution in [-0.4, -0.2) is 6.61 Å². The highest BCUT2D eigenvalue weighted by Crippen LogP contribution is 2.39. The Morgan fingerprint density at radius 1 is 0.941 bits per heavy atom. The van der Waals surface area contributed by atoms with Crippen LogP contribution in [0.2, 0.25) is 0 Å². The van der Waals surface area contributed by atoms with E-state index in [1.807, 2.05) is 6.92 Å². The van der Waals surface area contributed by atoms with Crippen molar-refractivity contribution in [2.75, 3.05) is 6.61 Å². The van der Waals surface area contributed by atoms with E-state index < -0.39 is 30.3 Å². The van der Waals surface area contributed by atoms with Crippen LogP contribution in [0.1, 0.15) is 73.6 Å². The first kappa shape index (κ1) is 26.3. The molecule has 0 aromatic heterocycles. The van der Waals surface area contributed by atoms with Gasteiger partial charge in [-0.25, -0.2) is 4.39 Å². The molecule has 1 aliphatic rings. The van der Waals surface area contributed by atoms with E-state index in [9.17, 15) is 26.3 Å². The van der Waals surface area contributed by atoms with Crippen LogP contribution >= 0.6 is 0 Å². The molecule has 0 N–H and O–H groups in total. The lowest BCUT2D eigenvalue weighted by Gasteiger charge is -2.29. The fraction of sp³-hybridized carbons (Fsp3) is 0.481. The second kappa shape index (κ2) is 11.4. The average molecular weight is 485 g/mol. The van der Waals surface area contributed by atoms with Crippen LogP contribution in [0.3, 0.4) is 0 Å². The second-order valence-electron chi connectivity index (χ2n) is 8.91. The van der Waals surface area contributed by atoms with Crippen molar-refractivity contribution in [1.82, 2.24) is 0 Å². The Labute approximate surface area is 196 Å². The van der Waals surface area contributed by atoms with E-state index in [4.69, 9.17) is 4.74 Å². The van der Waals surface area contributed by atoms with Crippen LogP contribution < -0.4 is 0 Å². The van der Waals surface area contributed by atoms with Gasteiger partial charge in [-0.15, -0.1) is 0 Å². The quantitative estimate of drug-likeness (QED) is 0.255. The van der Waals surface area contributed by atoms with Gasteiger partial charge in [0.05, 0.1) is 17.7 Å². The average Bonchev–Trinajstić information content (AvgIpc) is 2.79. The van der Waals surface area contributed by atoms with E-state index >= 15 is 0 Å². The summed E-state index contributed by atoms with van der Waals surface area (Å²) in [5, 5.41) is 0. The van der Waals surface area contributed by atoms with E-state index in [1.54, 1.807) is 12.1 Å². The molecule has 0 aliphatic heterocycles. The summed E-state index contributed by atoms with van der Waals surface area (Å²) in [5.41, 5.74) is -0.468. The molecule has 1 aliphatic carbocycles. The summed E-state index contributed by atoms with van der Waals surface area (Å²) in [4.78, 5) is 0. The highest BCUT2D eigenvalue weighted by Gasteiger charge is 2.35. The first-order valence-electron chi connectivity index (χ1n) is 11.7. The van der Waals surface area contributed by atoms with Crippen LogP contribution in [-0.2, 0) is 23.4 Å². The maximum Gasteiger partial charge on any atom is 0.419 e. The number of rotatable bonds is 9. The fourth-order valence-electron chi connectivity index (χ4n) is 4.56. The molecule has 34 heavy (non-hydrogen) atoms. The predicted molar refractivity (Wildman–Crippen MR) is 120 cm³/mol. The highest BCUT2D eigenvalue weighted by molar-refractivity contribution is 5.28. The zero-order chi connectivity index (χ0) is 24.8. The number of benzene rings is 2. The second-order valence-corrected chi connectivity index (χ2v) is 8.91. The van der Waals surface area contributed by atoms with Gasteiger partial charge in [-0.3, -0.25) is 0 Å². The Balaban J connectivity index is 1.50. The van der Waals surface area contributed by atoms with Crippen LogP contribution in [0, 0.1) is 11.7 Å². The van der Waals surface area contributed by atoms with Crippen molar-refractivity contribution in [3.8, 4) is 0 Å². The molecule has 1 saturated carbocycles. The van der Waals surface area contributed by atoms with E-state index in [-0.39, 0.29) is 17.5 Å². The Kier molecular flexibility index (Phi) is 8.85. The summed E-state index contributed by atoms with van der Waals surface area (Å²) in [6.07, 6.45) is 2.46. The molecule has 0 bridgehead atoms. The molecule has 7 heteroatoms. The summed E-state index contributed by atoms with van der Waals surface area (Å²) < 4.78 is 85.2. The van der Waals surface area contributed by atoms with Gasteiger partial charge in [0.15, 0.2) is 0 Å². The number of allylic oxidation sites excluding steroid dienone is 2. The molecular weight excluding hydrogens is 454 g/mol. The van der Waals surface area contributed by atoms with Gasteiger partial charge in [0.25, 0.3) is 0 Å². The van der Waals surface area contributed by atoms with Gasteiger partial charge < -0.3 is 4.74 Å². The maximum absolute atomic E-state index is 14.5. The van der Waals surface area contributed by atoms with Gasteiger partial charge in [0.1, 0.15) is 5.82 Å². The van der Waals surface area contributed by atoms with Crippen LogP contribution in [0.15, 0.2) is 54.6 Å². The topological polar surface area (TPSA) is 9.23 Å². The van der Waals surface area contributed by atoms with E-state index in [1.165, 1.54) is 18.6 Å². The lowest BCUT2D eigenvalue weighted by molar-refractivity contribution is -0.248. The van der Waals surface area contributed by atoms with E-state index in [0.29, 0.717) is 18.1 Å². The molecule has 186 valence electrons. The molecule has 0 spiro atoms. The van der Waals surface area contributed by atoms with Gasteiger partial charge in [0.2, 0.25) is 0 Å². The minimum atomic E-state index is -4.80. The van der Waals surface area contributed by atoms with Crippen molar-refractivity contribution in [3.63, 3.8) is 0 Å². The van der Waals surface area contributed by atoms with Gasteiger partial charge in [-0.05, 0) is 87.0 Å². The van der Waals surface area contributed by atoms with Gasteiger partial charge >= 0.3 is 12.3 Å². The minimum Gasteiger partial charge on any atom is -0.316 e. The molecule has 0 saturated heterocycles. The van der Waals surface area contributed by atoms with Crippen molar-refractivity contribution in [2.45, 2.75) is 70.1 Å². The molecule has 1 fully saturated rings. The summed E-state index contributed by atoms with van der Waals surface area (Å²) in [6.45, 7) is 1.56. The van der Waals surface area contributed by atoms with Crippen LogP contribution in [0.5, 0.6) is 0 Å². The molecule has 0 unspecified atom stereocenters. The first-order valence-corrected chi connectivity index (χ1v) is 11.7. The number of alkyl halides is 5. The normalized spacial score (nSPS) is 19.6. The number of hydrogen-bond donors (Lipinski definition) is 0. The predicted octanol–water partition coefficient (Wildman–Crippen LogP) is 8.78. The van der Waals surface area contributed by atoms with Crippen molar-refractivity contribution >= 4 is 0 Å². The van der Waals surface area contributed by atoms with Crippen molar-refractivity contribution in [2.24, 2.45) is 5.92 Å². The van der Waals surface area contributed by atoms with Crippen molar-refractivity contribution in [1.29, 1.82) is 0 Å². The minimum absolute atomic E-state index is 0.139. The Morgan fingerprint density at radius 2 is 1.62 bits per heavy atom. The third-order valence-electron chi connectivity index (χ3n) is 6.56. The van der Waals surface area contributed by atoms with Crippen LogP contribution in [0.4, 0.5) is 26.3 Å².